The minimum absolute atomic E-state index is 0.00663. The van der Waals surface area contributed by atoms with E-state index in [1.165, 1.54) is 11.8 Å². The van der Waals surface area contributed by atoms with Crippen molar-refractivity contribution in [2.24, 2.45) is 17.3 Å². The molecule has 0 saturated carbocycles. The topological polar surface area (TPSA) is 237 Å². The molecular formula is C58H71ClN10O10S. The molecule has 80 heavy (non-hydrogen) atoms. The number of aryl methyl sites for hydroxylation is 2. The second kappa shape index (κ2) is 25.3. The van der Waals surface area contributed by atoms with Gasteiger partial charge < -0.3 is 44.6 Å². The Kier molecular flexibility index (Phi) is 18.3. The molecule has 22 heteroatoms. The molecule has 0 aliphatic carbocycles. The number of hydrogen-bond acceptors (Lipinski definition) is 15. The van der Waals surface area contributed by atoms with Gasteiger partial charge in [0, 0.05) is 83.2 Å². The van der Waals surface area contributed by atoms with Gasteiger partial charge >= 0.3 is 5.69 Å². The largest absolute Gasteiger partial charge is 0.484 e. The minimum Gasteiger partial charge on any atom is -0.484 e. The zero-order valence-corrected chi connectivity index (χ0v) is 47.5. The van der Waals surface area contributed by atoms with Crippen molar-refractivity contribution in [2.75, 3.05) is 72.1 Å². The van der Waals surface area contributed by atoms with E-state index in [1.807, 2.05) is 111 Å². The second-order valence-corrected chi connectivity index (χ2v) is 23.9. The summed E-state index contributed by atoms with van der Waals surface area (Å²) in [6, 6.07) is 21.2. The molecular weight excluding hydrogens is 1060 g/mol. The molecule has 0 spiro atoms. The Morgan fingerprint density at radius 2 is 1.51 bits per heavy atom. The standard InChI is InChI=1S/C58H71ClN10O10S/c1-36-52(80-35-61-36)42-8-6-38(7-9-42)31-60-55(73)47-30-45(70)33-68(47)57(75)53(58(3,4)5)62-54(72)43-20-22-64(23-21-43)32-39-18-24-65(25-19-39)48(71)34-78-46-16-12-41(13-17-46)51(40-10-14-44(59)15-11-40)66-26-28-67(29-27-66)56(74)49-50(69(76)77)37(2)79-63-49/h6-17,35,39,43,45,47,51,53,70H,18-34H2,1-5H3,(H,60,73)(H,62,72)/t45-,47+,51?,53-/m1/s1. The number of benzene rings is 3. The van der Waals surface area contributed by atoms with Crippen LogP contribution >= 0.6 is 22.9 Å². The monoisotopic (exact) mass is 1130 g/mol. The summed E-state index contributed by atoms with van der Waals surface area (Å²) in [4.78, 5) is 94.4. The number of likely N-dealkylation sites (tertiary alicyclic amines) is 3. The molecule has 0 radical (unpaired) electrons. The first-order valence-corrected chi connectivity index (χ1v) is 28.7. The number of hydrogen-bond donors (Lipinski definition) is 3. The lowest BCUT2D eigenvalue weighted by Crippen LogP contribution is -2.58. The Morgan fingerprint density at radius 1 is 0.863 bits per heavy atom. The summed E-state index contributed by atoms with van der Waals surface area (Å²) in [7, 11) is 0. The summed E-state index contributed by atoms with van der Waals surface area (Å²) in [5, 5.41) is 32.7. The highest BCUT2D eigenvalue weighted by atomic mass is 35.5. The number of thiazole rings is 1. The highest BCUT2D eigenvalue weighted by Crippen LogP contribution is 2.34. The molecule has 5 aromatic rings. The average Bonchev–Trinajstić information content (AvgIpc) is 4.21. The number of halogens is 1. The molecule has 4 aliphatic rings. The highest BCUT2D eigenvalue weighted by Gasteiger charge is 2.45. The van der Waals surface area contributed by atoms with Crippen LogP contribution in [0.25, 0.3) is 10.4 Å². The van der Waals surface area contributed by atoms with Gasteiger partial charge in [-0.15, -0.1) is 11.3 Å². The SMILES string of the molecule is Cc1ncsc1-c1ccc(CNC(=O)[C@@H]2C[C@@H](O)CN2C(=O)[C@@H](NC(=O)C2CCN(CC3CCN(C(=O)COc4ccc(C(c5ccc(Cl)cc5)N5CCN(C(=O)c6noc(C)c6[N+](=O)[O-])CC5)cc4)CC3)CC2)C(C)(C)C)cc1. The molecule has 4 aliphatic heterocycles. The Labute approximate surface area is 474 Å². The third-order valence-electron chi connectivity index (χ3n) is 16.1. The lowest BCUT2D eigenvalue weighted by Gasteiger charge is -2.39. The van der Waals surface area contributed by atoms with Crippen molar-refractivity contribution < 1.29 is 43.3 Å². The van der Waals surface area contributed by atoms with Crippen LogP contribution in [-0.2, 0) is 25.7 Å². The van der Waals surface area contributed by atoms with Gasteiger partial charge in [-0.25, -0.2) is 4.98 Å². The van der Waals surface area contributed by atoms with Crippen LogP contribution in [0, 0.1) is 41.2 Å². The van der Waals surface area contributed by atoms with Crippen molar-refractivity contribution in [1.29, 1.82) is 0 Å². The summed E-state index contributed by atoms with van der Waals surface area (Å²) in [6.07, 6.45) is 2.25. The summed E-state index contributed by atoms with van der Waals surface area (Å²) in [5.41, 5.74) is 5.31. The second-order valence-electron chi connectivity index (χ2n) is 22.6. The smallest absolute Gasteiger partial charge is 0.344 e. The fourth-order valence-electron chi connectivity index (χ4n) is 11.4. The Bertz CT molecular complexity index is 3000. The fourth-order valence-corrected chi connectivity index (χ4v) is 12.4. The molecule has 2 aromatic heterocycles. The molecule has 4 fully saturated rings. The quantitative estimate of drug-likeness (QED) is 0.0652. The van der Waals surface area contributed by atoms with E-state index in [1.54, 1.807) is 16.2 Å². The summed E-state index contributed by atoms with van der Waals surface area (Å²) >= 11 is 7.85. The number of amides is 5. The molecule has 9 rings (SSSR count). The number of rotatable bonds is 17. The molecule has 6 heterocycles. The lowest BCUT2D eigenvalue weighted by atomic mass is 9.84. The molecule has 4 atom stereocenters. The van der Waals surface area contributed by atoms with Crippen LogP contribution < -0.4 is 15.4 Å². The van der Waals surface area contributed by atoms with Crippen LogP contribution in [0.4, 0.5) is 5.69 Å². The van der Waals surface area contributed by atoms with Crippen LogP contribution in [0.3, 0.4) is 0 Å². The van der Waals surface area contributed by atoms with Crippen molar-refractivity contribution in [3.05, 3.63) is 127 Å². The number of nitro groups is 1. The number of ether oxygens (including phenoxy) is 1. The van der Waals surface area contributed by atoms with Gasteiger partial charge in [-0.1, -0.05) is 86.1 Å². The van der Waals surface area contributed by atoms with Crippen molar-refractivity contribution in [2.45, 2.75) is 97.5 Å². The van der Waals surface area contributed by atoms with E-state index in [9.17, 15) is 39.2 Å². The van der Waals surface area contributed by atoms with Gasteiger partial charge in [-0.2, -0.15) is 0 Å². The van der Waals surface area contributed by atoms with Gasteiger partial charge in [0.25, 0.3) is 11.8 Å². The van der Waals surface area contributed by atoms with E-state index in [4.69, 9.17) is 20.9 Å². The molecule has 3 aromatic carbocycles. The number of aliphatic hydroxyl groups excluding tert-OH is 1. The zero-order valence-electron chi connectivity index (χ0n) is 46.0. The maximum absolute atomic E-state index is 14.3. The van der Waals surface area contributed by atoms with Crippen molar-refractivity contribution in [3.63, 3.8) is 0 Å². The van der Waals surface area contributed by atoms with Gasteiger partial charge in [-0.3, -0.25) is 39.0 Å². The van der Waals surface area contributed by atoms with E-state index in [0.717, 1.165) is 65.3 Å². The van der Waals surface area contributed by atoms with Crippen LogP contribution in [0.2, 0.25) is 5.02 Å². The third kappa shape index (κ3) is 13.7. The molecule has 0 bridgehead atoms. The number of piperidine rings is 2. The zero-order chi connectivity index (χ0) is 56.8. The number of piperazine rings is 1. The summed E-state index contributed by atoms with van der Waals surface area (Å²) in [5.74, 6) is -0.869. The molecule has 426 valence electrons. The Morgan fingerprint density at radius 3 is 2.12 bits per heavy atom. The number of nitrogens with one attached hydrogen (secondary N) is 2. The van der Waals surface area contributed by atoms with E-state index in [2.05, 4.69) is 30.6 Å². The van der Waals surface area contributed by atoms with Crippen molar-refractivity contribution >= 4 is 58.2 Å². The van der Waals surface area contributed by atoms with Gasteiger partial charge in [0.2, 0.25) is 29.2 Å². The molecule has 20 nitrogen and oxygen atoms in total. The van der Waals surface area contributed by atoms with E-state index >= 15 is 0 Å². The van der Waals surface area contributed by atoms with Crippen LogP contribution in [0.1, 0.15) is 97.6 Å². The van der Waals surface area contributed by atoms with E-state index in [0.29, 0.717) is 68.8 Å². The molecule has 4 saturated heterocycles. The van der Waals surface area contributed by atoms with Crippen LogP contribution in [0.15, 0.2) is 82.8 Å². The van der Waals surface area contributed by atoms with Gasteiger partial charge in [-0.05, 0) is 104 Å². The first-order valence-electron chi connectivity index (χ1n) is 27.5. The first-order chi connectivity index (χ1) is 38.3. The number of carbonyl (C=O) groups excluding carboxylic acids is 5. The maximum atomic E-state index is 14.3. The predicted octanol–water partition coefficient (Wildman–Crippen LogP) is 6.66. The fraction of sp³-hybridized carbons (Fsp3) is 0.500. The maximum Gasteiger partial charge on any atom is 0.344 e. The van der Waals surface area contributed by atoms with Gasteiger partial charge in [0.1, 0.15) is 17.8 Å². The van der Waals surface area contributed by atoms with Crippen molar-refractivity contribution in [1.82, 2.24) is 45.3 Å². The van der Waals surface area contributed by atoms with Crippen LogP contribution in [0.5, 0.6) is 5.75 Å². The number of nitrogens with zero attached hydrogens (tertiary/aromatic N) is 8. The van der Waals surface area contributed by atoms with Crippen LogP contribution in [-0.4, -0.2) is 164 Å². The number of carbonyl (C=O) groups is 5. The third-order valence-corrected chi connectivity index (χ3v) is 17.3. The predicted molar refractivity (Wildman–Crippen MR) is 301 cm³/mol. The number of aliphatic hydroxyl groups is 1. The summed E-state index contributed by atoms with van der Waals surface area (Å²) < 4.78 is 11.0. The normalized spacial score (nSPS) is 19.6. The Hall–Kier alpha value is -6.78. The molecule has 5 amide bonds. The van der Waals surface area contributed by atoms with Crippen molar-refractivity contribution in [3.8, 4) is 16.2 Å². The molecule has 3 N–H and O–H groups in total. The number of aromatic nitrogens is 2. The summed E-state index contributed by atoms with van der Waals surface area (Å²) in [6.45, 7) is 14.5. The lowest BCUT2D eigenvalue weighted by molar-refractivity contribution is -0.386. The minimum atomic E-state index is -0.899. The average molecular weight is 1140 g/mol. The Balaban J connectivity index is 0.704. The number of β-amino-alcohol motifs (C(OH)–C–C–N with tert-alkyl or cyclic N) is 1. The van der Waals surface area contributed by atoms with Gasteiger partial charge in [0.15, 0.2) is 6.61 Å². The van der Waals surface area contributed by atoms with E-state index < -0.39 is 40.1 Å². The first kappa shape index (κ1) is 57.9. The van der Waals surface area contributed by atoms with E-state index in [-0.39, 0.29) is 73.2 Å². The highest BCUT2D eigenvalue weighted by molar-refractivity contribution is 7.13. The molecule has 1 unspecified atom stereocenters. The van der Waals surface area contributed by atoms with Gasteiger partial charge in [0.05, 0.1) is 33.2 Å².